The zero-order valence-electron chi connectivity index (χ0n) is 13.9. The average Bonchev–Trinajstić information content (AvgIpc) is 2.56. The predicted octanol–water partition coefficient (Wildman–Crippen LogP) is 3.62. The van der Waals surface area contributed by atoms with Crippen LogP contribution >= 0.6 is 0 Å². The Balaban J connectivity index is 2.06. The van der Waals surface area contributed by atoms with Gasteiger partial charge in [-0.2, -0.15) is 0 Å². The number of nitrogens with zero attached hydrogens (tertiary/aromatic N) is 4. The van der Waals surface area contributed by atoms with E-state index < -0.39 is 0 Å². The minimum absolute atomic E-state index is 0.517. The van der Waals surface area contributed by atoms with Gasteiger partial charge >= 0.3 is 0 Å². The Labute approximate surface area is 133 Å². The molecule has 2 heterocycles. The summed E-state index contributed by atoms with van der Waals surface area (Å²) in [5.74, 6) is 0.940. The molecule has 0 radical (unpaired) electrons. The standard InChI is InChI=1S/C18H26N4/c1-4-6-18-20-11-17(12-21-18)14-22(15(3)5-2)13-16-7-9-19-10-8-16/h7-12,15H,4-6,13-14H2,1-3H3/t15-/m0/s1. The Morgan fingerprint density at radius 1 is 1.00 bits per heavy atom. The van der Waals surface area contributed by atoms with Crippen molar-refractivity contribution in [2.75, 3.05) is 0 Å². The van der Waals surface area contributed by atoms with Gasteiger partial charge in [-0.05, 0) is 37.5 Å². The zero-order valence-corrected chi connectivity index (χ0v) is 13.9. The van der Waals surface area contributed by atoms with Gasteiger partial charge in [0.1, 0.15) is 5.82 Å². The Hall–Kier alpha value is -1.81. The first-order valence-corrected chi connectivity index (χ1v) is 8.15. The third kappa shape index (κ3) is 4.88. The molecule has 0 aliphatic carbocycles. The second-order valence-electron chi connectivity index (χ2n) is 5.78. The van der Waals surface area contributed by atoms with E-state index in [4.69, 9.17) is 0 Å². The van der Waals surface area contributed by atoms with E-state index in [9.17, 15) is 0 Å². The highest BCUT2D eigenvalue weighted by molar-refractivity contribution is 5.11. The smallest absolute Gasteiger partial charge is 0.128 e. The molecule has 0 aliphatic heterocycles. The van der Waals surface area contributed by atoms with Crippen molar-refractivity contribution in [3.05, 3.63) is 53.9 Å². The quantitative estimate of drug-likeness (QED) is 0.746. The Morgan fingerprint density at radius 3 is 2.23 bits per heavy atom. The Bertz CT molecular complexity index is 539. The molecule has 0 aliphatic rings. The molecule has 1 atom stereocenters. The van der Waals surface area contributed by atoms with Crippen LogP contribution in [0.3, 0.4) is 0 Å². The van der Waals surface area contributed by atoms with Crippen LogP contribution in [0.25, 0.3) is 0 Å². The number of rotatable bonds is 8. The summed E-state index contributed by atoms with van der Waals surface area (Å²) in [4.78, 5) is 15.5. The van der Waals surface area contributed by atoms with Crippen molar-refractivity contribution in [1.82, 2.24) is 19.9 Å². The van der Waals surface area contributed by atoms with Gasteiger partial charge in [0.15, 0.2) is 0 Å². The fourth-order valence-electron chi connectivity index (χ4n) is 2.40. The molecular weight excluding hydrogens is 272 g/mol. The van der Waals surface area contributed by atoms with E-state index in [1.165, 1.54) is 11.1 Å². The van der Waals surface area contributed by atoms with Crippen LogP contribution in [0.5, 0.6) is 0 Å². The highest BCUT2D eigenvalue weighted by Gasteiger charge is 2.13. The molecule has 118 valence electrons. The largest absolute Gasteiger partial charge is 0.292 e. The highest BCUT2D eigenvalue weighted by Crippen LogP contribution is 2.14. The Morgan fingerprint density at radius 2 is 1.64 bits per heavy atom. The fourth-order valence-corrected chi connectivity index (χ4v) is 2.40. The maximum Gasteiger partial charge on any atom is 0.128 e. The molecule has 0 amide bonds. The van der Waals surface area contributed by atoms with Crippen molar-refractivity contribution in [3.63, 3.8) is 0 Å². The summed E-state index contributed by atoms with van der Waals surface area (Å²) in [6, 6.07) is 4.68. The minimum Gasteiger partial charge on any atom is -0.292 e. The van der Waals surface area contributed by atoms with Crippen molar-refractivity contribution >= 4 is 0 Å². The van der Waals surface area contributed by atoms with Crippen LogP contribution in [0, 0.1) is 0 Å². The Kier molecular flexibility index (Phi) is 6.46. The van der Waals surface area contributed by atoms with Gasteiger partial charge in [-0.25, -0.2) is 9.97 Å². The summed E-state index contributed by atoms with van der Waals surface area (Å²) in [7, 11) is 0. The van der Waals surface area contributed by atoms with E-state index >= 15 is 0 Å². The van der Waals surface area contributed by atoms with Crippen LogP contribution in [0.1, 0.15) is 50.6 Å². The molecule has 4 nitrogen and oxygen atoms in total. The summed E-state index contributed by atoms with van der Waals surface area (Å²) < 4.78 is 0. The molecule has 0 saturated carbocycles. The van der Waals surface area contributed by atoms with Crippen LogP contribution in [-0.2, 0) is 19.5 Å². The highest BCUT2D eigenvalue weighted by atomic mass is 15.1. The summed E-state index contributed by atoms with van der Waals surface area (Å²) >= 11 is 0. The van der Waals surface area contributed by atoms with Gasteiger partial charge in [0, 0.05) is 55.9 Å². The number of aromatic nitrogens is 3. The lowest BCUT2D eigenvalue weighted by molar-refractivity contribution is 0.185. The monoisotopic (exact) mass is 298 g/mol. The van der Waals surface area contributed by atoms with Crippen LogP contribution in [0.4, 0.5) is 0 Å². The van der Waals surface area contributed by atoms with Crippen molar-refractivity contribution in [2.24, 2.45) is 0 Å². The van der Waals surface area contributed by atoms with Crippen molar-refractivity contribution in [3.8, 4) is 0 Å². The third-order valence-corrected chi connectivity index (χ3v) is 3.97. The lowest BCUT2D eigenvalue weighted by Crippen LogP contribution is -2.31. The van der Waals surface area contributed by atoms with Crippen molar-refractivity contribution < 1.29 is 0 Å². The van der Waals surface area contributed by atoms with Gasteiger partial charge < -0.3 is 0 Å². The molecule has 0 bridgehead atoms. The molecule has 0 N–H and O–H groups in total. The maximum absolute atomic E-state index is 4.47. The van der Waals surface area contributed by atoms with Crippen LogP contribution in [-0.4, -0.2) is 25.9 Å². The molecule has 22 heavy (non-hydrogen) atoms. The van der Waals surface area contributed by atoms with Crippen molar-refractivity contribution in [1.29, 1.82) is 0 Å². The van der Waals surface area contributed by atoms with Gasteiger partial charge in [0.25, 0.3) is 0 Å². The van der Waals surface area contributed by atoms with Crippen LogP contribution < -0.4 is 0 Å². The second kappa shape index (κ2) is 8.59. The van der Waals surface area contributed by atoms with E-state index in [2.05, 4.69) is 52.8 Å². The summed E-state index contributed by atoms with van der Waals surface area (Å²) in [5.41, 5.74) is 2.47. The summed E-state index contributed by atoms with van der Waals surface area (Å²) in [6.07, 6.45) is 10.8. The second-order valence-corrected chi connectivity index (χ2v) is 5.78. The first-order valence-electron chi connectivity index (χ1n) is 8.15. The lowest BCUT2D eigenvalue weighted by atomic mass is 10.1. The first-order chi connectivity index (χ1) is 10.7. The molecule has 0 unspecified atom stereocenters. The maximum atomic E-state index is 4.47. The molecular formula is C18H26N4. The molecule has 0 saturated heterocycles. The van der Waals surface area contributed by atoms with Crippen molar-refractivity contribution in [2.45, 2.75) is 59.2 Å². The molecule has 0 aromatic carbocycles. The molecule has 2 aromatic rings. The third-order valence-electron chi connectivity index (χ3n) is 3.97. The van der Waals surface area contributed by atoms with Gasteiger partial charge in [0.2, 0.25) is 0 Å². The molecule has 0 fully saturated rings. The zero-order chi connectivity index (χ0) is 15.8. The SMILES string of the molecule is CCCc1ncc(CN(Cc2ccncc2)[C@@H](C)CC)cn1. The first kappa shape index (κ1) is 16.6. The molecule has 2 aromatic heterocycles. The van der Waals surface area contributed by atoms with Gasteiger partial charge in [0.05, 0.1) is 0 Å². The number of hydrogen-bond acceptors (Lipinski definition) is 4. The topological polar surface area (TPSA) is 41.9 Å². The van der Waals surface area contributed by atoms with E-state index in [1.807, 2.05) is 24.8 Å². The molecule has 4 heteroatoms. The molecule has 0 spiro atoms. The van der Waals surface area contributed by atoms with Gasteiger partial charge in [-0.15, -0.1) is 0 Å². The number of pyridine rings is 1. The minimum atomic E-state index is 0.517. The molecule has 2 rings (SSSR count). The number of hydrogen-bond donors (Lipinski definition) is 0. The van der Waals surface area contributed by atoms with Crippen LogP contribution in [0.2, 0.25) is 0 Å². The normalized spacial score (nSPS) is 12.5. The fraction of sp³-hybridized carbons (Fsp3) is 0.500. The number of aryl methyl sites for hydroxylation is 1. The summed E-state index contributed by atoms with van der Waals surface area (Å²) in [6.45, 7) is 8.45. The summed E-state index contributed by atoms with van der Waals surface area (Å²) in [5, 5.41) is 0. The van der Waals surface area contributed by atoms with Gasteiger partial charge in [-0.3, -0.25) is 9.88 Å². The van der Waals surface area contributed by atoms with Crippen LogP contribution in [0.15, 0.2) is 36.9 Å². The van der Waals surface area contributed by atoms with E-state index in [0.29, 0.717) is 6.04 Å². The van der Waals surface area contributed by atoms with Gasteiger partial charge in [-0.1, -0.05) is 13.8 Å². The van der Waals surface area contributed by atoms with E-state index in [1.54, 1.807) is 0 Å². The van der Waals surface area contributed by atoms with E-state index in [-0.39, 0.29) is 0 Å². The lowest BCUT2D eigenvalue weighted by Gasteiger charge is -2.28. The average molecular weight is 298 g/mol. The predicted molar refractivity (Wildman–Crippen MR) is 89.3 cm³/mol. The van der Waals surface area contributed by atoms with E-state index in [0.717, 1.165) is 38.2 Å².